The Hall–Kier alpha value is -2.47. The highest BCUT2D eigenvalue weighted by Crippen LogP contribution is 2.37. The average molecular weight is 291 g/mol. The van der Waals surface area contributed by atoms with Crippen molar-refractivity contribution >= 4 is 28.2 Å². The summed E-state index contributed by atoms with van der Waals surface area (Å²) in [4.78, 5) is 3.96. The molecule has 0 unspecified atom stereocenters. The molecule has 0 saturated heterocycles. The molecule has 2 heterocycles. The maximum absolute atomic E-state index is 13.7. The number of rotatable bonds is 1. The first-order valence-corrected chi connectivity index (χ1v) is 6.00. The first-order valence-electron chi connectivity index (χ1n) is 5.63. The van der Waals surface area contributed by atoms with Gasteiger partial charge < -0.3 is 10.8 Å². The Morgan fingerprint density at radius 1 is 1.15 bits per heavy atom. The lowest BCUT2D eigenvalue weighted by Gasteiger charge is -2.09. The minimum Gasteiger partial charge on any atom is -0.504 e. The van der Waals surface area contributed by atoms with Crippen molar-refractivity contribution in [3.63, 3.8) is 0 Å². The van der Waals surface area contributed by atoms with E-state index in [1.54, 1.807) is 12.3 Å². The average Bonchev–Trinajstić information content (AvgIpc) is 2.47. The molecule has 3 aromatic rings. The quantitative estimate of drug-likeness (QED) is 0.720. The molecule has 0 atom stereocenters. The number of nitrogens with zero attached hydrogens (tertiary/aromatic N) is 3. The van der Waals surface area contributed by atoms with Gasteiger partial charge >= 0.3 is 0 Å². The molecule has 5 nitrogen and oxygen atoms in total. The van der Waals surface area contributed by atoms with Gasteiger partial charge in [0.2, 0.25) is 0 Å². The van der Waals surface area contributed by atoms with Crippen LogP contribution in [-0.2, 0) is 0 Å². The number of aromatic hydroxyl groups is 1. The highest BCUT2D eigenvalue weighted by atomic mass is 35.5. The molecule has 0 bridgehead atoms. The maximum atomic E-state index is 13.7. The lowest BCUT2D eigenvalue weighted by molar-refractivity contribution is 0.434. The van der Waals surface area contributed by atoms with Gasteiger partial charge in [-0.1, -0.05) is 11.6 Å². The van der Waals surface area contributed by atoms with Gasteiger partial charge in [0.15, 0.2) is 17.4 Å². The molecule has 3 rings (SSSR count). The Morgan fingerprint density at radius 2 is 1.95 bits per heavy atom. The Balaban J connectivity index is 2.36. The van der Waals surface area contributed by atoms with E-state index in [1.165, 1.54) is 18.3 Å². The van der Waals surface area contributed by atoms with Crippen molar-refractivity contribution in [2.45, 2.75) is 0 Å². The Morgan fingerprint density at radius 3 is 2.75 bits per heavy atom. The van der Waals surface area contributed by atoms with Gasteiger partial charge in [-0.3, -0.25) is 4.98 Å². The number of nitrogens with two attached hydrogens (primary N) is 1. The fourth-order valence-electron chi connectivity index (χ4n) is 1.95. The summed E-state index contributed by atoms with van der Waals surface area (Å²) in [5, 5.41) is 18.6. The van der Waals surface area contributed by atoms with Crippen LogP contribution in [0.25, 0.3) is 22.0 Å². The molecule has 0 fully saturated rings. The van der Waals surface area contributed by atoms with Gasteiger partial charge in [-0.05, 0) is 18.2 Å². The second kappa shape index (κ2) is 4.57. The van der Waals surface area contributed by atoms with Crippen LogP contribution >= 0.6 is 11.6 Å². The van der Waals surface area contributed by atoms with Crippen LogP contribution in [0.4, 0.5) is 10.2 Å². The summed E-state index contributed by atoms with van der Waals surface area (Å²) in [7, 11) is 0. The molecular formula is C13H8ClFN4O. The number of aromatic nitrogens is 3. The van der Waals surface area contributed by atoms with Crippen molar-refractivity contribution in [3.8, 4) is 17.0 Å². The molecule has 0 radical (unpaired) electrons. The zero-order valence-corrected chi connectivity index (χ0v) is 10.8. The number of halogens is 2. The van der Waals surface area contributed by atoms with E-state index in [1.807, 2.05) is 0 Å². The van der Waals surface area contributed by atoms with Crippen LogP contribution in [0.15, 0.2) is 30.6 Å². The number of benzene rings is 1. The fraction of sp³-hybridized carbons (Fsp3) is 0. The molecule has 0 spiro atoms. The molecule has 0 saturated carbocycles. The fourth-order valence-corrected chi connectivity index (χ4v) is 2.10. The highest BCUT2D eigenvalue weighted by Gasteiger charge is 2.17. The van der Waals surface area contributed by atoms with Gasteiger partial charge in [-0.2, -0.15) is 0 Å². The SMILES string of the molecule is Nc1nnc(-c2ccc(Cl)c(F)c2O)c2ccncc12. The molecule has 0 amide bonds. The van der Waals surface area contributed by atoms with Crippen molar-refractivity contribution in [2.24, 2.45) is 0 Å². The van der Waals surface area contributed by atoms with E-state index >= 15 is 0 Å². The maximum Gasteiger partial charge on any atom is 0.184 e. The summed E-state index contributed by atoms with van der Waals surface area (Å²) >= 11 is 5.62. The number of hydrogen-bond donors (Lipinski definition) is 2. The summed E-state index contributed by atoms with van der Waals surface area (Å²) in [5.74, 6) is -1.26. The van der Waals surface area contributed by atoms with Crippen LogP contribution in [-0.4, -0.2) is 20.3 Å². The third-order valence-corrected chi connectivity index (χ3v) is 3.23. The van der Waals surface area contributed by atoms with Crippen molar-refractivity contribution in [2.75, 3.05) is 5.73 Å². The topological polar surface area (TPSA) is 84.9 Å². The van der Waals surface area contributed by atoms with Gasteiger partial charge in [0.1, 0.15) is 5.69 Å². The third kappa shape index (κ3) is 1.81. The summed E-state index contributed by atoms with van der Waals surface area (Å²) in [5.41, 5.74) is 6.22. The monoisotopic (exact) mass is 290 g/mol. The van der Waals surface area contributed by atoms with E-state index in [-0.39, 0.29) is 16.4 Å². The Kier molecular flexibility index (Phi) is 2.87. The zero-order valence-electron chi connectivity index (χ0n) is 10.0. The lowest BCUT2D eigenvalue weighted by Crippen LogP contribution is -1.98. The second-order valence-corrected chi connectivity index (χ2v) is 4.52. The number of phenolic OH excluding ortho intramolecular Hbond substituents is 1. The number of nitrogen functional groups attached to an aromatic ring is 1. The van der Waals surface area contributed by atoms with E-state index in [0.717, 1.165) is 0 Å². The van der Waals surface area contributed by atoms with Gasteiger partial charge in [0.25, 0.3) is 0 Å². The number of hydrogen-bond acceptors (Lipinski definition) is 5. The van der Waals surface area contributed by atoms with E-state index in [0.29, 0.717) is 16.5 Å². The normalized spacial score (nSPS) is 10.9. The third-order valence-electron chi connectivity index (χ3n) is 2.93. The molecule has 0 aliphatic carbocycles. The van der Waals surface area contributed by atoms with Gasteiger partial charge in [-0.25, -0.2) is 4.39 Å². The van der Waals surface area contributed by atoms with Crippen molar-refractivity contribution < 1.29 is 9.50 Å². The standard InChI is InChI=1S/C13H8ClFN4O/c14-9-2-1-7(12(20)10(9)15)11-6-3-4-17-5-8(6)13(16)19-18-11/h1-5,20H,(H2,16,19). The number of anilines is 1. The van der Waals surface area contributed by atoms with Crippen LogP contribution in [0.3, 0.4) is 0 Å². The molecule has 1 aromatic carbocycles. The van der Waals surface area contributed by atoms with Crippen molar-refractivity contribution in [3.05, 3.63) is 41.4 Å². The molecule has 2 aromatic heterocycles. The van der Waals surface area contributed by atoms with Crippen LogP contribution < -0.4 is 5.73 Å². The molecule has 0 aliphatic heterocycles. The largest absolute Gasteiger partial charge is 0.504 e. The number of pyridine rings is 1. The van der Waals surface area contributed by atoms with Crippen LogP contribution in [0.5, 0.6) is 5.75 Å². The Bertz CT molecular complexity index is 825. The van der Waals surface area contributed by atoms with Crippen molar-refractivity contribution in [1.82, 2.24) is 15.2 Å². The lowest BCUT2D eigenvalue weighted by atomic mass is 10.1. The predicted molar refractivity (Wildman–Crippen MR) is 73.8 cm³/mol. The molecule has 100 valence electrons. The van der Waals surface area contributed by atoms with Gasteiger partial charge in [0, 0.05) is 28.7 Å². The minimum absolute atomic E-state index is 0.166. The van der Waals surface area contributed by atoms with Crippen LogP contribution in [0, 0.1) is 5.82 Å². The molecule has 0 aliphatic rings. The molecule has 20 heavy (non-hydrogen) atoms. The van der Waals surface area contributed by atoms with E-state index < -0.39 is 11.6 Å². The molecule has 7 heteroatoms. The minimum atomic E-state index is -0.898. The van der Waals surface area contributed by atoms with Gasteiger partial charge in [0.05, 0.1) is 5.02 Å². The predicted octanol–water partition coefficient (Wildman–Crippen LogP) is 2.77. The molecule has 3 N–H and O–H groups in total. The highest BCUT2D eigenvalue weighted by molar-refractivity contribution is 6.31. The number of phenols is 1. The summed E-state index contributed by atoms with van der Waals surface area (Å²) in [6.45, 7) is 0. The zero-order chi connectivity index (χ0) is 14.3. The summed E-state index contributed by atoms with van der Waals surface area (Å²) < 4.78 is 13.7. The number of fused-ring (bicyclic) bond motifs is 1. The van der Waals surface area contributed by atoms with Crippen LogP contribution in [0.1, 0.15) is 0 Å². The Labute approximate surface area is 117 Å². The summed E-state index contributed by atoms with van der Waals surface area (Å²) in [6, 6.07) is 4.49. The molecular weight excluding hydrogens is 283 g/mol. The van der Waals surface area contributed by atoms with Gasteiger partial charge in [-0.15, -0.1) is 10.2 Å². The van der Waals surface area contributed by atoms with E-state index in [2.05, 4.69) is 15.2 Å². The van der Waals surface area contributed by atoms with E-state index in [4.69, 9.17) is 17.3 Å². The first-order chi connectivity index (χ1) is 9.59. The second-order valence-electron chi connectivity index (χ2n) is 4.11. The van der Waals surface area contributed by atoms with Crippen molar-refractivity contribution in [1.29, 1.82) is 0 Å². The summed E-state index contributed by atoms with van der Waals surface area (Å²) in [6.07, 6.45) is 3.09. The first kappa shape index (κ1) is 12.6. The van der Waals surface area contributed by atoms with Crippen LogP contribution in [0.2, 0.25) is 5.02 Å². The smallest absolute Gasteiger partial charge is 0.184 e. The van der Waals surface area contributed by atoms with E-state index in [9.17, 15) is 9.50 Å².